The van der Waals surface area contributed by atoms with Gasteiger partial charge >= 0.3 is 0 Å². The summed E-state index contributed by atoms with van der Waals surface area (Å²) in [7, 11) is 1.61. The smallest absolute Gasteiger partial charge is 0.252 e. The number of aromatic nitrogens is 2. The van der Waals surface area contributed by atoms with Crippen molar-refractivity contribution < 1.29 is 14.6 Å². The van der Waals surface area contributed by atoms with E-state index in [1.165, 1.54) is 0 Å². The number of hydrogen-bond donors (Lipinski definition) is 3. The zero-order valence-corrected chi connectivity index (χ0v) is 19.4. The van der Waals surface area contributed by atoms with E-state index in [-0.39, 0.29) is 5.91 Å². The van der Waals surface area contributed by atoms with Crippen LogP contribution in [0.1, 0.15) is 53.7 Å². The van der Waals surface area contributed by atoms with Gasteiger partial charge in [0.25, 0.3) is 5.91 Å². The lowest BCUT2D eigenvalue weighted by molar-refractivity contribution is 0.0196. The lowest BCUT2D eigenvalue weighted by Gasteiger charge is -2.33. The topological polar surface area (TPSA) is 96.4 Å². The molecule has 0 atom stereocenters. The van der Waals surface area contributed by atoms with E-state index in [0.717, 1.165) is 52.4 Å². The van der Waals surface area contributed by atoms with Crippen molar-refractivity contribution in [1.29, 1.82) is 0 Å². The number of hydrogen-bond acceptors (Lipinski definition) is 8. The first-order valence-electron chi connectivity index (χ1n) is 10.5. The highest BCUT2D eigenvalue weighted by atomic mass is 32.1. The molecule has 166 valence electrons. The fraction of sp³-hybridized carbons (Fsp3) is 0.500. The van der Waals surface area contributed by atoms with E-state index >= 15 is 0 Å². The summed E-state index contributed by atoms with van der Waals surface area (Å²) in [5.41, 5.74) is 1.04. The van der Waals surface area contributed by atoms with Crippen LogP contribution in [0.2, 0.25) is 0 Å². The Bertz CT molecular complexity index is 1040. The van der Waals surface area contributed by atoms with Gasteiger partial charge in [-0.3, -0.25) is 4.79 Å². The molecule has 7 nitrogen and oxygen atoms in total. The van der Waals surface area contributed by atoms with Gasteiger partial charge in [0, 0.05) is 36.4 Å². The minimum Gasteiger partial charge on any atom is -0.390 e. The Kier molecular flexibility index (Phi) is 6.86. The van der Waals surface area contributed by atoms with Gasteiger partial charge in [0.2, 0.25) is 0 Å². The highest BCUT2D eigenvalue weighted by molar-refractivity contribution is 7.17. The molecular weight excluding hydrogens is 432 g/mol. The number of anilines is 1. The molecule has 1 aliphatic rings. The van der Waals surface area contributed by atoms with Gasteiger partial charge in [0.15, 0.2) is 0 Å². The first-order valence-corrected chi connectivity index (χ1v) is 12.3. The van der Waals surface area contributed by atoms with E-state index in [0.29, 0.717) is 31.2 Å². The maximum Gasteiger partial charge on any atom is 0.252 e. The molecule has 4 rings (SSSR count). The minimum atomic E-state index is -0.556. The molecule has 9 heteroatoms. The summed E-state index contributed by atoms with van der Waals surface area (Å²) in [4.78, 5) is 22.8. The summed E-state index contributed by atoms with van der Waals surface area (Å²) in [6.07, 6.45) is 4.01. The molecule has 1 aliphatic carbocycles. The number of fused-ring (bicyclic) bond motifs is 1. The van der Waals surface area contributed by atoms with Crippen molar-refractivity contribution in [3.8, 4) is 0 Å². The van der Waals surface area contributed by atoms with Crippen molar-refractivity contribution in [2.75, 3.05) is 25.6 Å². The molecule has 3 N–H and O–H groups in total. The predicted molar refractivity (Wildman–Crippen MR) is 125 cm³/mol. The summed E-state index contributed by atoms with van der Waals surface area (Å²) in [6.45, 7) is 2.90. The molecule has 3 heterocycles. The maximum absolute atomic E-state index is 12.2. The summed E-state index contributed by atoms with van der Waals surface area (Å²) in [5, 5.41) is 20.6. The number of rotatable bonds is 8. The molecule has 1 saturated carbocycles. The maximum atomic E-state index is 12.2. The Labute approximate surface area is 189 Å². The fourth-order valence-corrected chi connectivity index (χ4v) is 5.43. The van der Waals surface area contributed by atoms with Crippen molar-refractivity contribution in [3.05, 3.63) is 39.2 Å². The third-order valence-corrected chi connectivity index (χ3v) is 7.44. The van der Waals surface area contributed by atoms with Gasteiger partial charge in [-0.2, -0.15) is 0 Å². The van der Waals surface area contributed by atoms with Crippen molar-refractivity contribution >= 4 is 44.6 Å². The molecule has 1 fully saturated rings. The number of nitrogens with one attached hydrogen (secondary N) is 2. The molecule has 0 aromatic carbocycles. The Morgan fingerprint density at radius 2 is 2.13 bits per heavy atom. The van der Waals surface area contributed by atoms with Crippen LogP contribution in [0.4, 0.5) is 5.82 Å². The normalized spacial score (nSPS) is 21.3. The summed E-state index contributed by atoms with van der Waals surface area (Å²) in [5.74, 6) is 1.52. The fourth-order valence-electron chi connectivity index (χ4n) is 3.78. The monoisotopic (exact) mass is 460 g/mol. The molecular formula is C22H28N4O3S2. The number of carbonyl (C=O) groups is 1. The van der Waals surface area contributed by atoms with E-state index in [2.05, 4.69) is 10.6 Å². The Morgan fingerprint density at radius 1 is 1.32 bits per heavy atom. The molecule has 0 radical (unpaired) electrons. The van der Waals surface area contributed by atoms with E-state index in [4.69, 9.17) is 14.7 Å². The van der Waals surface area contributed by atoms with Crippen LogP contribution in [0.15, 0.2) is 22.9 Å². The number of aliphatic hydroxyl groups is 1. The number of methoxy groups -OCH3 is 1. The van der Waals surface area contributed by atoms with E-state index in [1.54, 1.807) is 29.8 Å². The number of amides is 1. The van der Waals surface area contributed by atoms with Crippen LogP contribution in [0.3, 0.4) is 0 Å². The van der Waals surface area contributed by atoms with Crippen molar-refractivity contribution in [1.82, 2.24) is 15.3 Å². The first-order chi connectivity index (χ1) is 14.9. The average Bonchev–Trinajstić information content (AvgIpc) is 3.39. The summed E-state index contributed by atoms with van der Waals surface area (Å²) in [6, 6.07) is 4.23. The lowest BCUT2D eigenvalue weighted by atomic mass is 9.84. The van der Waals surface area contributed by atoms with Gasteiger partial charge in [0.05, 0.1) is 28.0 Å². The van der Waals surface area contributed by atoms with Crippen LogP contribution < -0.4 is 10.6 Å². The third-order valence-electron chi connectivity index (χ3n) is 5.59. The Morgan fingerprint density at radius 3 is 2.90 bits per heavy atom. The number of thiophene rings is 2. The van der Waals surface area contributed by atoms with E-state index in [9.17, 15) is 9.90 Å². The molecule has 3 aromatic heterocycles. The molecule has 0 saturated heterocycles. The second-order valence-electron chi connectivity index (χ2n) is 8.27. The molecule has 0 spiro atoms. The Balaban J connectivity index is 1.47. The van der Waals surface area contributed by atoms with Crippen LogP contribution in [-0.4, -0.2) is 52.9 Å². The lowest BCUT2D eigenvalue weighted by Crippen LogP contribution is -2.36. The second-order valence-corrected chi connectivity index (χ2v) is 10.2. The minimum absolute atomic E-state index is 0.0932. The quantitative estimate of drug-likeness (QED) is 0.442. The molecule has 31 heavy (non-hydrogen) atoms. The number of carbonyl (C=O) groups excluding carboxylic acids is 1. The van der Waals surface area contributed by atoms with Crippen LogP contribution in [0.25, 0.3) is 10.2 Å². The molecule has 3 aromatic rings. The van der Waals surface area contributed by atoms with Gasteiger partial charge < -0.3 is 20.5 Å². The zero-order valence-electron chi connectivity index (χ0n) is 17.8. The number of ether oxygens (including phenoxy) is 1. The van der Waals surface area contributed by atoms with Gasteiger partial charge in [-0.25, -0.2) is 9.97 Å². The van der Waals surface area contributed by atoms with Crippen molar-refractivity contribution in [2.24, 2.45) is 0 Å². The van der Waals surface area contributed by atoms with E-state index in [1.807, 2.05) is 29.8 Å². The van der Waals surface area contributed by atoms with Crippen LogP contribution in [-0.2, 0) is 11.2 Å². The van der Waals surface area contributed by atoms with Crippen LogP contribution >= 0.6 is 22.7 Å². The average molecular weight is 461 g/mol. The van der Waals surface area contributed by atoms with Gasteiger partial charge in [0.1, 0.15) is 11.6 Å². The van der Waals surface area contributed by atoms with Crippen LogP contribution in [0.5, 0.6) is 0 Å². The zero-order chi connectivity index (χ0) is 21.8. The summed E-state index contributed by atoms with van der Waals surface area (Å²) >= 11 is 3.18. The van der Waals surface area contributed by atoms with Gasteiger partial charge in [-0.15, -0.1) is 22.7 Å². The van der Waals surface area contributed by atoms with Crippen molar-refractivity contribution in [2.45, 2.75) is 50.7 Å². The van der Waals surface area contributed by atoms with E-state index < -0.39 is 5.60 Å². The van der Waals surface area contributed by atoms with Crippen LogP contribution in [0, 0.1) is 0 Å². The Hall–Kier alpha value is -2.07. The second kappa shape index (κ2) is 9.60. The molecule has 0 bridgehead atoms. The largest absolute Gasteiger partial charge is 0.390 e. The standard InChI is InChI=1S/C22H28N4O3S2/c1-22(28)6-3-15(4-7-22)24-20-19-17(5-10-30-19)25-18(26-20)12-16-11-14(13-31-16)21(27)23-8-9-29-2/h5,10-11,13,15,28H,3-4,6-9,12H2,1-2H3,(H,23,27)(H,24,25,26). The molecule has 0 aliphatic heterocycles. The van der Waals surface area contributed by atoms with Gasteiger partial charge in [-0.1, -0.05) is 0 Å². The molecule has 0 unspecified atom stereocenters. The highest BCUT2D eigenvalue weighted by Gasteiger charge is 2.29. The summed E-state index contributed by atoms with van der Waals surface area (Å²) < 4.78 is 6.03. The SMILES string of the molecule is COCCNC(=O)c1csc(Cc2nc(NC3CCC(C)(O)CC3)c3sccc3n2)c1. The number of nitrogens with zero attached hydrogens (tertiary/aromatic N) is 2. The highest BCUT2D eigenvalue weighted by Crippen LogP contribution is 2.32. The predicted octanol–water partition coefficient (Wildman–Crippen LogP) is 3.83. The molecule has 1 amide bonds. The van der Waals surface area contributed by atoms with Gasteiger partial charge in [-0.05, 0) is 50.1 Å². The van der Waals surface area contributed by atoms with Crippen molar-refractivity contribution in [3.63, 3.8) is 0 Å². The third kappa shape index (κ3) is 5.60. The first kappa shape index (κ1) is 22.1.